The molecule has 0 saturated heterocycles. The van der Waals surface area contributed by atoms with Gasteiger partial charge in [-0.2, -0.15) is 11.8 Å². The van der Waals surface area contributed by atoms with Crippen molar-refractivity contribution in [2.45, 2.75) is 53.0 Å². The van der Waals surface area contributed by atoms with Crippen molar-refractivity contribution in [1.82, 2.24) is 5.32 Å². The molecule has 14 heavy (non-hydrogen) atoms. The number of hydrogen-bond donors (Lipinski definition) is 1. The zero-order valence-electron chi connectivity index (χ0n) is 10.3. The number of hydrogen-bond acceptors (Lipinski definition) is 2. The molecule has 0 aromatic rings. The second-order valence-corrected chi connectivity index (χ2v) is 5.38. The maximum absolute atomic E-state index is 3.65. The van der Waals surface area contributed by atoms with E-state index in [4.69, 9.17) is 0 Å². The van der Waals surface area contributed by atoms with Crippen LogP contribution in [0.2, 0.25) is 0 Å². The molecule has 1 nitrogen and oxygen atoms in total. The third-order valence-electron chi connectivity index (χ3n) is 2.59. The van der Waals surface area contributed by atoms with E-state index < -0.39 is 0 Å². The van der Waals surface area contributed by atoms with Crippen LogP contribution in [0.3, 0.4) is 0 Å². The van der Waals surface area contributed by atoms with Gasteiger partial charge in [0.1, 0.15) is 0 Å². The lowest BCUT2D eigenvalue weighted by Crippen LogP contribution is -2.33. The molecule has 2 unspecified atom stereocenters. The monoisotopic (exact) mass is 217 g/mol. The van der Waals surface area contributed by atoms with E-state index in [2.05, 4.69) is 44.8 Å². The highest BCUT2D eigenvalue weighted by Gasteiger charge is 2.10. The van der Waals surface area contributed by atoms with Gasteiger partial charge >= 0.3 is 0 Å². The normalized spacial score (nSPS) is 15.4. The van der Waals surface area contributed by atoms with E-state index in [1.807, 2.05) is 0 Å². The van der Waals surface area contributed by atoms with Gasteiger partial charge in [0.25, 0.3) is 0 Å². The molecule has 0 rings (SSSR count). The average Bonchev–Trinajstić information content (AvgIpc) is 2.21. The molecule has 86 valence electrons. The van der Waals surface area contributed by atoms with Gasteiger partial charge in [-0.25, -0.2) is 0 Å². The Morgan fingerprint density at radius 1 is 1.21 bits per heavy atom. The lowest BCUT2D eigenvalue weighted by molar-refractivity contribution is 0.417. The van der Waals surface area contributed by atoms with Crippen LogP contribution in [0.4, 0.5) is 0 Å². The molecular formula is C12H27NS. The van der Waals surface area contributed by atoms with Gasteiger partial charge in [0, 0.05) is 11.8 Å². The minimum Gasteiger partial charge on any atom is -0.313 e. The fraction of sp³-hybridized carbons (Fsp3) is 1.00. The average molecular weight is 217 g/mol. The van der Waals surface area contributed by atoms with Crippen molar-refractivity contribution < 1.29 is 0 Å². The Hall–Kier alpha value is 0.310. The summed E-state index contributed by atoms with van der Waals surface area (Å²) in [5, 5.41) is 3.65. The van der Waals surface area contributed by atoms with Crippen LogP contribution in [0.1, 0.15) is 47.0 Å². The summed E-state index contributed by atoms with van der Waals surface area (Å²) in [6.07, 6.45) is 3.89. The first-order chi connectivity index (χ1) is 6.74. The van der Waals surface area contributed by atoms with Crippen LogP contribution in [0, 0.1) is 5.92 Å². The van der Waals surface area contributed by atoms with Crippen LogP contribution in [0.5, 0.6) is 0 Å². The zero-order chi connectivity index (χ0) is 10.8. The SMILES string of the molecule is CCCNC(CSCC)CC(C)CC. The molecule has 0 aliphatic rings. The van der Waals surface area contributed by atoms with E-state index in [1.54, 1.807) is 0 Å². The highest BCUT2D eigenvalue weighted by atomic mass is 32.2. The predicted molar refractivity (Wildman–Crippen MR) is 69.2 cm³/mol. The summed E-state index contributed by atoms with van der Waals surface area (Å²) in [4.78, 5) is 0. The molecule has 2 atom stereocenters. The molecule has 0 saturated carbocycles. The fourth-order valence-corrected chi connectivity index (χ4v) is 2.25. The lowest BCUT2D eigenvalue weighted by atomic mass is 10.0. The van der Waals surface area contributed by atoms with Gasteiger partial charge in [-0.05, 0) is 31.1 Å². The van der Waals surface area contributed by atoms with Crippen LogP contribution in [0.15, 0.2) is 0 Å². The van der Waals surface area contributed by atoms with Crippen LogP contribution in [0.25, 0.3) is 0 Å². The van der Waals surface area contributed by atoms with Crippen molar-refractivity contribution in [1.29, 1.82) is 0 Å². The van der Waals surface area contributed by atoms with Gasteiger partial charge in [-0.1, -0.05) is 34.1 Å². The predicted octanol–water partition coefficient (Wildman–Crippen LogP) is 3.54. The number of rotatable bonds is 9. The first-order valence-corrected chi connectivity index (χ1v) is 7.21. The van der Waals surface area contributed by atoms with Gasteiger partial charge in [0.05, 0.1) is 0 Å². The number of nitrogens with one attached hydrogen (secondary N) is 1. The third-order valence-corrected chi connectivity index (χ3v) is 3.64. The van der Waals surface area contributed by atoms with Crippen molar-refractivity contribution in [2.24, 2.45) is 5.92 Å². The van der Waals surface area contributed by atoms with E-state index in [0.717, 1.165) is 12.0 Å². The minimum atomic E-state index is 0.731. The second-order valence-electron chi connectivity index (χ2n) is 4.06. The summed E-state index contributed by atoms with van der Waals surface area (Å²) in [6.45, 7) is 10.3. The molecule has 0 amide bonds. The molecule has 0 heterocycles. The Morgan fingerprint density at radius 3 is 2.43 bits per heavy atom. The molecule has 0 fully saturated rings. The molecule has 0 spiro atoms. The Balaban J connectivity index is 3.71. The number of thioether (sulfide) groups is 1. The Labute approximate surface area is 94.4 Å². The molecule has 0 aromatic carbocycles. The lowest BCUT2D eigenvalue weighted by Gasteiger charge is -2.21. The second kappa shape index (κ2) is 9.85. The maximum atomic E-state index is 3.65. The van der Waals surface area contributed by atoms with Crippen LogP contribution < -0.4 is 5.32 Å². The van der Waals surface area contributed by atoms with Gasteiger partial charge in [0.15, 0.2) is 0 Å². The summed E-state index contributed by atoms with van der Waals surface area (Å²) >= 11 is 2.06. The minimum absolute atomic E-state index is 0.731. The quantitative estimate of drug-likeness (QED) is 0.634. The molecule has 0 aromatic heterocycles. The molecular weight excluding hydrogens is 190 g/mol. The molecule has 0 bridgehead atoms. The highest BCUT2D eigenvalue weighted by molar-refractivity contribution is 7.99. The first-order valence-electron chi connectivity index (χ1n) is 6.05. The Bertz CT molecular complexity index is 109. The van der Waals surface area contributed by atoms with Crippen LogP contribution >= 0.6 is 11.8 Å². The first kappa shape index (κ1) is 14.3. The van der Waals surface area contributed by atoms with Gasteiger partial charge in [-0.3, -0.25) is 0 Å². The zero-order valence-corrected chi connectivity index (χ0v) is 11.1. The van der Waals surface area contributed by atoms with Crippen LogP contribution in [-0.2, 0) is 0 Å². The third kappa shape index (κ3) is 7.69. The molecule has 2 heteroatoms. The molecule has 1 N–H and O–H groups in total. The van der Waals surface area contributed by atoms with Crippen molar-refractivity contribution in [3.05, 3.63) is 0 Å². The Morgan fingerprint density at radius 2 is 1.93 bits per heavy atom. The molecule has 0 aliphatic heterocycles. The van der Waals surface area contributed by atoms with E-state index in [9.17, 15) is 0 Å². The summed E-state index contributed by atoms with van der Waals surface area (Å²) in [7, 11) is 0. The van der Waals surface area contributed by atoms with E-state index in [1.165, 1.54) is 37.3 Å². The van der Waals surface area contributed by atoms with Gasteiger partial charge in [-0.15, -0.1) is 0 Å². The highest BCUT2D eigenvalue weighted by Crippen LogP contribution is 2.13. The summed E-state index contributed by atoms with van der Waals surface area (Å²) in [5.74, 6) is 3.38. The van der Waals surface area contributed by atoms with E-state index in [0.29, 0.717) is 0 Å². The van der Waals surface area contributed by atoms with Crippen molar-refractivity contribution in [3.8, 4) is 0 Å². The van der Waals surface area contributed by atoms with Crippen LogP contribution in [-0.4, -0.2) is 24.1 Å². The Kier molecular flexibility index (Phi) is 10.1. The van der Waals surface area contributed by atoms with E-state index in [-0.39, 0.29) is 0 Å². The summed E-state index contributed by atoms with van der Waals surface area (Å²) in [5.41, 5.74) is 0. The topological polar surface area (TPSA) is 12.0 Å². The maximum Gasteiger partial charge on any atom is 0.0160 e. The standard InChI is InChI=1S/C12H27NS/c1-5-8-13-12(10-14-7-3)9-11(4)6-2/h11-13H,5-10H2,1-4H3. The summed E-state index contributed by atoms with van der Waals surface area (Å²) in [6, 6.07) is 0.731. The van der Waals surface area contributed by atoms with Crippen molar-refractivity contribution >= 4 is 11.8 Å². The van der Waals surface area contributed by atoms with Gasteiger partial charge < -0.3 is 5.32 Å². The molecule has 0 aliphatic carbocycles. The summed E-state index contributed by atoms with van der Waals surface area (Å²) < 4.78 is 0. The molecule has 0 radical (unpaired) electrons. The fourth-order valence-electron chi connectivity index (χ4n) is 1.47. The smallest absolute Gasteiger partial charge is 0.0160 e. The van der Waals surface area contributed by atoms with Crippen molar-refractivity contribution in [2.75, 3.05) is 18.1 Å². The van der Waals surface area contributed by atoms with Crippen molar-refractivity contribution in [3.63, 3.8) is 0 Å². The van der Waals surface area contributed by atoms with Gasteiger partial charge in [0.2, 0.25) is 0 Å². The largest absolute Gasteiger partial charge is 0.313 e. The van der Waals surface area contributed by atoms with E-state index >= 15 is 0 Å².